The Labute approximate surface area is 217 Å². The van der Waals surface area contributed by atoms with E-state index in [1.54, 1.807) is 18.2 Å². The van der Waals surface area contributed by atoms with Gasteiger partial charge in [0.15, 0.2) is 5.78 Å². The second-order valence-corrected chi connectivity index (χ2v) is 11.2. The predicted octanol–water partition coefficient (Wildman–Crippen LogP) is 5.01. The van der Waals surface area contributed by atoms with Crippen molar-refractivity contribution in [2.24, 2.45) is 5.92 Å². The van der Waals surface area contributed by atoms with Crippen molar-refractivity contribution < 1.29 is 22.7 Å². The summed E-state index contributed by atoms with van der Waals surface area (Å²) in [7, 11) is -3.89. The van der Waals surface area contributed by atoms with Crippen LogP contribution in [0.15, 0.2) is 72.1 Å². The predicted molar refractivity (Wildman–Crippen MR) is 140 cm³/mol. The highest BCUT2D eigenvalue weighted by Gasteiger charge is 2.48. The number of cyclic esters (lactones) is 1. The third kappa shape index (κ3) is 6.10. The first-order chi connectivity index (χ1) is 17.8. The van der Waals surface area contributed by atoms with Gasteiger partial charge in [0.25, 0.3) is 10.0 Å². The summed E-state index contributed by atoms with van der Waals surface area (Å²) in [5.41, 5.74) is 1.37. The minimum atomic E-state index is -3.89. The van der Waals surface area contributed by atoms with Crippen LogP contribution in [0.4, 0.5) is 5.69 Å². The zero-order valence-electron chi connectivity index (χ0n) is 21.1. The molecule has 2 N–H and O–H groups in total. The Morgan fingerprint density at radius 1 is 1.11 bits per heavy atom. The Balaban J connectivity index is 1.53. The normalized spacial score (nSPS) is 20.9. The molecule has 1 aliphatic rings. The van der Waals surface area contributed by atoms with Crippen molar-refractivity contribution in [3.63, 3.8) is 0 Å². The van der Waals surface area contributed by atoms with Gasteiger partial charge in [0.2, 0.25) is 5.16 Å². The number of aromatic amines is 1. The Morgan fingerprint density at radius 3 is 2.54 bits per heavy atom. The molecule has 0 radical (unpaired) electrons. The number of aromatic nitrogens is 2. The van der Waals surface area contributed by atoms with Crippen molar-refractivity contribution in [1.29, 1.82) is 0 Å². The smallest absolute Gasteiger partial charge is 0.317 e. The van der Waals surface area contributed by atoms with E-state index in [-0.39, 0.29) is 17.4 Å². The van der Waals surface area contributed by atoms with Crippen molar-refractivity contribution in [1.82, 2.24) is 9.97 Å². The number of imidazole rings is 1. The fourth-order valence-corrected chi connectivity index (χ4v) is 6.19. The van der Waals surface area contributed by atoms with E-state index < -0.39 is 33.4 Å². The van der Waals surface area contributed by atoms with E-state index in [4.69, 9.17) is 4.74 Å². The average Bonchev–Trinajstić information content (AvgIpc) is 3.42. The molecule has 4 rings (SSSR count). The molecule has 1 aliphatic heterocycles. The minimum absolute atomic E-state index is 0.119. The standard InChI is InChI=1S/C28H33N3O5S/c1-3-14-28(15-13-20-9-6-5-7-10-20)19-24(32)25(26(33)36-28)23(4-2)21-11-8-12-22(18-21)31-37(34,35)27-29-16-17-30-27/h5-12,16-18,23,25,31H,3-4,13-15,19H2,1-2H3,(H,29,30). The van der Waals surface area contributed by atoms with Crippen molar-refractivity contribution in [3.05, 3.63) is 78.1 Å². The second kappa shape index (κ2) is 11.3. The summed E-state index contributed by atoms with van der Waals surface area (Å²) >= 11 is 0. The van der Waals surface area contributed by atoms with Crippen LogP contribution < -0.4 is 4.72 Å². The van der Waals surface area contributed by atoms with Gasteiger partial charge in [-0.05, 0) is 48.9 Å². The van der Waals surface area contributed by atoms with Crippen LogP contribution in [0, 0.1) is 5.92 Å². The van der Waals surface area contributed by atoms with Crippen LogP contribution in [-0.4, -0.2) is 35.7 Å². The molecule has 3 unspecified atom stereocenters. The topological polar surface area (TPSA) is 118 Å². The van der Waals surface area contributed by atoms with E-state index in [1.165, 1.54) is 12.4 Å². The largest absolute Gasteiger partial charge is 0.458 e. The highest BCUT2D eigenvalue weighted by Crippen LogP contribution is 2.41. The maximum absolute atomic E-state index is 13.5. The quantitative estimate of drug-likeness (QED) is 0.269. The minimum Gasteiger partial charge on any atom is -0.458 e. The summed E-state index contributed by atoms with van der Waals surface area (Å²) in [6.07, 6.45) is 6.24. The van der Waals surface area contributed by atoms with Crippen molar-refractivity contribution in [2.45, 2.75) is 69.0 Å². The fourth-order valence-electron chi connectivity index (χ4n) is 5.23. The molecule has 0 amide bonds. The molecule has 9 heteroatoms. The van der Waals surface area contributed by atoms with Crippen LogP contribution in [0.2, 0.25) is 0 Å². The van der Waals surface area contributed by atoms with Gasteiger partial charge in [-0.25, -0.2) is 4.98 Å². The van der Waals surface area contributed by atoms with Gasteiger partial charge in [-0.3, -0.25) is 14.3 Å². The summed E-state index contributed by atoms with van der Waals surface area (Å²) in [6, 6.07) is 16.8. The number of esters is 1. The maximum atomic E-state index is 13.5. The van der Waals surface area contributed by atoms with Gasteiger partial charge in [-0.2, -0.15) is 8.42 Å². The molecule has 1 fully saturated rings. The summed E-state index contributed by atoms with van der Waals surface area (Å²) < 4.78 is 33.8. The van der Waals surface area contributed by atoms with Gasteiger partial charge < -0.3 is 9.72 Å². The Bertz CT molecular complexity index is 1300. The molecule has 37 heavy (non-hydrogen) atoms. The Morgan fingerprint density at radius 2 is 1.89 bits per heavy atom. The third-order valence-corrected chi connectivity index (χ3v) is 8.21. The third-order valence-electron chi connectivity index (χ3n) is 6.97. The molecular weight excluding hydrogens is 490 g/mol. The highest BCUT2D eigenvalue weighted by atomic mass is 32.2. The summed E-state index contributed by atoms with van der Waals surface area (Å²) in [6.45, 7) is 3.94. The SMILES string of the molecule is CCCC1(CCc2ccccc2)CC(=O)C(C(CC)c2cccc(NS(=O)(=O)c3ncc[nH]3)c2)C(=O)O1. The monoisotopic (exact) mass is 523 g/mol. The molecule has 196 valence electrons. The van der Waals surface area contributed by atoms with E-state index in [2.05, 4.69) is 14.7 Å². The molecular formula is C28H33N3O5S. The van der Waals surface area contributed by atoms with Crippen molar-refractivity contribution in [3.8, 4) is 0 Å². The van der Waals surface area contributed by atoms with Gasteiger partial charge in [-0.15, -0.1) is 0 Å². The van der Waals surface area contributed by atoms with Crippen LogP contribution in [0.25, 0.3) is 0 Å². The van der Waals surface area contributed by atoms with E-state index >= 15 is 0 Å². The number of anilines is 1. The maximum Gasteiger partial charge on any atom is 0.317 e. The highest BCUT2D eigenvalue weighted by molar-refractivity contribution is 7.92. The molecule has 0 aliphatic carbocycles. The first-order valence-electron chi connectivity index (χ1n) is 12.7. The zero-order valence-corrected chi connectivity index (χ0v) is 22.0. The summed E-state index contributed by atoms with van der Waals surface area (Å²) in [5.74, 6) is -1.97. The van der Waals surface area contributed by atoms with Gasteiger partial charge in [0.1, 0.15) is 11.5 Å². The van der Waals surface area contributed by atoms with E-state index in [1.807, 2.05) is 50.2 Å². The molecule has 0 spiro atoms. The number of nitrogens with zero attached hydrogens (tertiary/aromatic N) is 1. The molecule has 0 bridgehead atoms. The number of aryl methyl sites for hydroxylation is 1. The average molecular weight is 524 g/mol. The molecule has 0 saturated carbocycles. The number of Topliss-reactive ketones (excluding diaryl/α,β-unsaturated/α-hetero) is 1. The lowest BCUT2D eigenvalue weighted by Crippen LogP contribution is -2.49. The lowest BCUT2D eigenvalue weighted by Gasteiger charge is -2.40. The Kier molecular flexibility index (Phi) is 8.12. The number of hydrogen-bond acceptors (Lipinski definition) is 6. The molecule has 1 aromatic heterocycles. The number of hydrogen-bond donors (Lipinski definition) is 2. The second-order valence-electron chi connectivity index (χ2n) is 9.60. The van der Waals surface area contributed by atoms with Gasteiger partial charge in [0.05, 0.1) is 0 Å². The number of ketones is 1. The van der Waals surface area contributed by atoms with Crippen LogP contribution in [0.5, 0.6) is 0 Å². The first-order valence-corrected chi connectivity index (χ1v) is 14.2. The number of ether oxygens (including phenoxy) is 1. The number of H-pyrrole nitrogens is 1. The van der Waals surface area contributed by atoms with E-state index in [9.17, 15) is 18.0 Å². The fraction of sp³-hybridized carbons (Fsp3) is 0.393. The van der Waals surface area contributed by atoms with Gasteiger partial charge >= 0.3 is 5.97 Å². The number of sulfonamides is 1. The van der Waals surface area contributed by atoms with Crippen LogP contribution in [-0.2, 0) is 30.8 Å². The summed E-state index contributed by atoms with van der Waals surface area (Å²) in [5, 5.41) is -0.196. The van der Waals surface area contributed by atoms with Gasteiger partial charge in [0, 0.05) is 30.4 Å². The van der Waals surface area contributed by atoms with Crippen LogP contribution >= 0.6 is 0 Å². The molecule has 1 saturated heterocycles. The lowest BCUT2D eigenvalue weighted by molar-refractivity contribution is -0.180. The number of nitrogens with one attached hydrogen (secondary N) is 2. The van der Waals surface area contributed by atoms with Crippen molar-refractivity contribution in [2.75, 3.05) is 4.72 Å². The number of carbonyl (C=O) groups excluding carboxylic acids is 2. The van der Waals surface area contributed by atoms with Gasteiger partial charge in [-0.1, -0.05) is 62.7 Å². The molecule has 3 atom stereocenters. The Hall–Kier alpha value is -3.46. The first kappa shape index (κ1) is 26.6. The van der Waals surface area contributed by atoms with E-state index in [0.29, 0.717) is 30.5 Å². The molecule has 2 aromatic carbocycles. The summed E-state index contributed by atoms with van der Waals surface area (Å²) in [4.78, 5) is 33.3. The van der Waals surface area contributed by atoms with Crippen LogP contribution in [0.3, 0.4) is 0 Å². The van der Waals surface area contributed by atoms with Crippen LogP contribution in [0.1, 0.15) is 63.0 Å². The molecule has 8 nitrogen and oxygen atoms in total. The number of carbonyl (C=O) groups is 2. The van der Waals surface area contributed by atoms with E-state index in [0.717, 1.165) is 18.4 Å². The lowest BCUT2D eigenvalue weighted by atomic mass is 9.74. The zero-order chi connectivity index (χ0) is 26.5. The van der Waals surface area contributed by atoms with Crippen molar-refractivity contribution >= 4 is 27.5 Å². The molecule has 3 aromatic rings. The number of rotatable bonds is 11. The molecule has 2 heterocycles. The number of benzene rings is 2.